The molecule has 15 heteroatoms. The van der Waals surface area contributed by atoms with E-state index in [2.05, 4.69) is 36.9 Å². The molecule has 4 atom stereocenters. The molecular formula is C29H38N8O6S. The van der Waals surface area contributed by atoms with Crippen molar-refractivity contribution in [2.45, 2.75) is 75.2 Å². The van der Waals surface area contributed by atoms with Gasteiger partial charge in [0.1, 0.15) is 6.04 Å². The number of nitrogens with zero attached hydrogens (tertiary/aromatic N) is 3. The monoisotopic (exact) mass is 626 g/mol. The number of Topliss-reactive ketones (excluding diaryl/α,β-unsaturated/α-hetero) is 1. The highest BCUT2D eigenvalue weighted by Gasteiger charge is 2.42. The van der Waals surface area contributed by atoms with Gasteiger partial charge in [0.15, 0.2) is 6.29 Å². The van der Waals surface area contributed by atoms with Gasteiger partial charge in [0, 0.05) is 54.4 Å². The van der Waals surface area contributed by atoms with Crippen LogP contribution in [0.15, 0.2) is 30.5 Å². The maximum Gasteiger partial charge on any atom is 0.315 e. The van der Waals surface area contributed by atoms with E-state index < -0.39 is 11.8 Å². The Morgan fingerprint density at radius 3 is 2.59 bits per heavy atom. The Morgan fingerprint density at radius 1 is 1.09 bits per heavy atom. The maximum atomic E-state index is 12.7. The number of urea groups is 1. The zero-order valence-corrected chi connectivity index (χ0v) is 25.4. The number of ketones is 1. The Balaban J connectivity index is 1.04. The molecule has 1 aromatic carbocycles. The van der Waals surface area contributed by atoms with E-state index in [1.807, 2.05) is 11.8 Å². The molecule has 5 N–H and O–H groups in total. The summed E-state index contributed by atoms with van der Waals surface area (Å²) in [4.78, 5) is 70.7. The summed E-state index contributed by atoms with van der Waals surface area (Å²) >= 11 is 1.87. The van der Waals surface area contributed by atoms with Crippen molar-refractivity contribution in [3.8, 4) is 0 Å². The topological polar surface area (TPSA) is 193 Å². The Kier molecular flexibility index (Phi) is 11.9. The summed E-state index contributed by atoms with van der Waals surface area (Å²) in [6.07, 6.45) is 6.28. The van der Waals surface area contributed by atoms with Crippen LogP contribution >= 0.6 is 11.8 Å². The number of aryl methyl sites for hydroxylation is 1. The molecule has 1 unspecified atom stereocenters. The molecule has 5 amide bonds. The molecule has 3 heterocycles. The van der Waals surface area contributed by atoms with Gasteiger partial charge < -0.3 is 26.6 Å². The molecule has 0 bridgehead atoms. The second kappa shape index (κ2) is 16.0. The van der Waals surface area contributed by atoms with E-state index in [9.17, 15) is 28.8 Å². The summed E-state index contributed by atoms with van der Waals surface area (Å²) in [5, 5.41) is 22.7. The first-order valence-electron chi connectivity index (χ1n) is 14.8. The first-order valence-corrected chi connectivity index (χ1v) is 15.8. The van der Waals surface area contributed by atoms with Gasteiger partial charge in [0.05, 0.1) is 17.8 Å². The zero-order valence-electron chi connectivity index (χ0n) is 24.5. The average Bonchev–Trinajstić information content (AvgIpc) is 3.73. The third-order valence-corrected chi connectivity index (χ3v) is 9.05. The smallest absolute Gasteiger partial charge is 0.315 e. The summed E-state index contributed by atoms with van der Waals surface area (Å²) in [5.74, 6) is -0.292. The van der Waals surface area contributed by atoms with Crippen molar-refractivity contribution < 1.29 is 28.8 Å². The average molecular weight is 627 g/mol. The summed E-state index contributed by atoms with van der Waals surface area (Å²) in [6.45, 7) is 2.35. The molecular weight excluding hydrogens is 588 g/mol. The van der Waals surface area contributed by atoms with Gasteiger partial charge in [-0.1, -0.05) is 23.8 Å². The molecule has 0 aliphatic carbocycles. The van der Waals surface area contributed by atoms with E-state index in [1.54, 1.807) is 25.3 Å². The fourth-order valence-corrected chi connectivity index (χ4v) is 6.63. The quantitative estimate of drug-likeness (QED) is 0.0563. The molecule has 4 rings (SSSR count). The van der Waals surface area contributed by atoms with Gasteiger partial charge in [-0.2, -0.15) is 11.8 Å². The number of carbonyl (C=O) groups is 6. The first kappa shape index (κ1) is 32.6. The SMILES string of the molecule is CC(C(=O)Nc1cccc(C(=O)C=O)c1)n1cc(CCCC(=O)NCCNC(=O)CCCC[C@@H]2SC[C@@H]3NC(=O)N[C@@H]32)nn1. The van der Waals surface area contributed by atoms with Crippen LogP contribution in [-0.2, 0) is 25.6 Å². The van der Waals surface area contributed by atoms with Gasteiger partial charge in [-0.05, 0) is 44.7 Å². The fourth-order valence-electron chi connectivity index (χ4n) is 5.09. The van der Waals surface area contributed by atoms with Gasteiger partial charge in [-0.25, -0.2) is 9.48 Å². The molecule has 2 saturated heterocycles. The molecule has 0 spiro atoms. The lowest BCUT2D eigenvalue weighted by Gasteiger charge is -2.16. The van der Waals surface area contributed by atoms with Gasteiger partial charge in [-0.15, -0.1) is 5.10 Å². The normalized spacial score (nSPS) is 19.3. The molecule has 1 aromatic heterocycles. The third kappa shape index (κ3) is 9.36. The van der Waals surface area contributed by atoms with Crippen molar-refractivity contribution in [1.82, 2.24) is 36.3 Å². The molecule has 2 fully saturated rings. The Bertz CT molecular complexity index is 1370. The number of amides is 5. The van der Waals surface area contributed by atoms with Crippen LogP contribution in [-0.4, -0.2) is 87.0 Å². The molecule has 14 nitrogen and oxygen atoms in total. The highest BCUT2D eigenvalue weighted by molar-refractivity contribution is 8.00. The molecule has 2 aliphatic rings. The Morgan fingerprint density at radius 2 is 1.84 bits per heavy atom. The van der Waals surface area contributed by atoms with E-state index in [0.29, 0.717) is 49.0 Å². The van der Waals surface area contributed by atoms with E-state index in [0.717, 1.165) is 25.0 Å². The number of hydrogen-bond donors (Lipinski definition) is 5. The number of aldehydes is 1. The van der Waals surface area contributed by atoms with E-state index in [4.69, 9.17) is 0 Å². The minimum absolute atomic E-state index is 0.0421. The van der Waals surface area contributed by atoms with Crippen molar-refractivity contribution in [3.63, 3.8) is 0 Å². The van der Waals surface area contributed by atoms with Crippen LogP contribution in [0.1, 0.15) is 67.5 Å². The third-order valence-electron chi connectivity index (χ3n) is 7.54. The van der Waals surface area contributed by atoms with Crippen LogP contribution in [0.25, 0.3) is 0 Å². The summed E-state index contributed by atoms with van der Waals surface area (Å²) < 4.78 is 1.42. The number of fused-ring (bicyclic) bond motifs is 1. The molecule has 236 valence electrons. The van der Waals surface area contributed by atoms with Crippen LogP contribution in [0.5, 0.6) is 0 Å². The second-order valence-electron chi connectivity index (χ2n) is 10.8. The Hall–Kier alpha value is -4.27. The minimum Gasteiger partial charge on any atom is -0.354 e. The van der Waals surface area contributed by atoms with Crippen molar-refractivity contribution in [2.24, 2.45) is 0 Å². The molecule has 0 saturated carbocycles. The van der Waals surface area contributed by atoms with Gasteiger partial charge in [0.25, 0.3) is 0 Å². The predicted molar refractivity (Wildman–Crippen MR) is 163 cm³/mol. The maximum absolute atomic E-state index is 12.7. The van der Waals surface area contributed by atoms with Gasteiger partial charge >= 0.3 is 6.03 Å². The van der Waals surface area contributed by atoms with Gasteiger partial charge in [0.2, 0.25) is 23.5 Å². The predicted octanol–water partition coefficient (Wildman–Crippen LogP) is 1.14. The summed E-state index contributed by atoms with van der Waals surface area (Å²) in [7, 11) is 0. The van der Waals surface area contributed by atoms with Crippen molar-refractivity contribution >= 4 is 53.3 Å². The standard InChI is InChI=1S/C29H38N8O6S/c1-18(28(42)32-20-7-4-6-19(14-20)23(39)16-38)37-15-21(35-36-37)8-5-11-26(41)31-13-12-30-25(40)10-3-2-9-24-27-22(17-44-24)33-29(43)34-27/h4,6-7,14-16,18,22,24,27H,2-3,5,8-13,17H2,1H3,(H,30,40)(H,31,41)(H,32,42)(H2,33,34,43)/t18?,22-,24-,27-/m0/s1. The summed E-state index contributed by atoms with van der Waals surface area (Å²) in [5.41, 5.74) is 1.20. The number of benzene rings is 1. The van der Waals surface area contributed by atoms with E-state index >= 15 is 0 Å². The molecule has 2 aliphatic heterocycles. The number of anilines is 1. The Labute approximate surface area is 259 Å². The molecule has 0 radical (unpaired) electrons. The van der Waals surface area contributed by atoms with E-state index in [1.165, 1.54) is 16.8 Å². The fraction of sp³-hybridized carbons (Fsp3) is 0.517. The largest absolute Gasteiger partial charge is 0.354 e. The lowest BCUT2D eigenvalue weighted by atomic mass is 10.0. The highest BCUT2D eigenvalue weighted by atomic mass is 32.2. The number of unbranched alkanes of at least 4 members (excludes halogenated alkanes) is 1. The van der Waals surface area contributed by atoms with Crippen molar-refractivity contribution in [1.29, 1.82) is 0 Å². The molecule has 44 heavy (non-hydrogen) atoms. The van der Waals surface area contributed by atoms with Crippen molar-refractivity contribution in [2.75, 3.05) is 24.2 Å². The minimum atomic E-state index is -0.687. The number of hydrogen-bond acceptors (Lipinski definition) is 9. The zero-order chi connectivity index (χ0) is 31.5. The number of rotatable bonds is 17. The van der Waals surface area contributed by atoms with Crippen LogP contribution in [0.2, 0.25) is 0 Å². The number of nitrogens with one attached hydrogen (secondary N) is 5. The number of thioether (sulfide) groups is 1. The first-order chi connectivity index (χ1) is 21.2. The second-order valence-corrected chi connectivity index (χ2v) is 12.1. The van der Waals surface area contributed by atoms with Crippen LogP contribution in [0.3, 0.4) is 0 Å². The van der Waals surface area contributed by atoms with Crippen LogP contribution in [0, 0.1) is 0 Å². The van der Waals surface area contributed by atoms with Gasteiger partial charge in [-0.3, -0.25) is 24.0 Å². The lowest BCUT2D eigenvalue weighted by molar-refractivity contribution is -0.123. The van der Waals surface area contributed by atoms with Crippen molar-refractivity contribution in [3.05, 3.63) is 41.7 Å². The number of aromatic nitrogens is 3. The lowest BCUT2D eigenvalue weighted by Crippen LogP contribution is -2.36. The van der Waals surface area contributed by atoms with Crippen LogP contribution in [0.4, 0.5) is 10.5 Å². The summed E-state index contributed by atoms with van der Waals surface area (Å²) in [6, 6.07) is 5.72. The van der Waals surface area contributed by atoms with Crippen LogP contribution < -0.4 is 26.6 Å². The highest BCUT2D eigenvalue weighted by Crippen LogP contribution is 2.33. The number of carbonyl (C=O) groups excluding carboxylic acids is 6. The molecule has 2 aromatic rings. The van der Waals surface area contributed by atoms with E-state index in [-0.39, 0.29) is 54.1 Å².